The van der Waals surface area contributed by atoms with Crippen molar-refractivity contribution in [2.75, 3.05) is 14.1 Å². The Morgan fingerprint density at radius 2 is 2.00 bits per heavy atom. The van der Waals surface area contributed by atoms with Crippen molar-refractivity contribution in [2.45, 2.75) is 13.1 Å². The summed E-state index contributed by atoms with van der Waals surface area (Å²) >= 11 is 3.42. The van der Waals surface area contributed by atoms with E-state index >= 15 is 0 Å². The molecule has 0 radical (unpaired) electrons. The van der Waals surface area contributed by atoms with E-state index in [1.165, 1.54) is 5.56 Å². The van der Waals surface area contributed by atoms with Gasteiger partial charge < -0.3 is 20.4 Å². The Labute approximate surface area is 143 Å². The lowest BCUT2D eigenvalue weighted by molar-refractivity contribution is 0.0972. The Morgan fingerprint density at radius 3 is 2.57 bits per heavy atom. The molecule has 0 spiro atoms. The van der Waals surface area contributed by atoms with Gasteiger partial charge in [-0.05, 0) is 29.8 Å². The van der Waals surface area contributed by atoms with Crippen LogP contribution in [0.4, 0.5) is 0 Å². The van der Waals surface area contributed by atoms with Crippen LogP contribution in [-0.2, 0) is 13.1 Å². The first-order chi connectivity index (χ1) is 11.0. The van der Waals surface area contributed by atoms with Crippen molar-refractivity contribution in [1.82, 2.24) is 10.2 Å². The van der Waals surface area contributed by atoms with Gasteiger partial charge in [-0.15, -0.1) is 0 Å². The minimum atomic E-state index is -0.576. The van der Waals surface area contributed by atoms with Crippen molar-refractivity contribution >= 4 is 27.8 Å². The summed E-state index contributed by atoms with van der Waals surface area (Å²) in [5.74, 6) is 0.926. The number of hydrogen-bond acceptors (Lipinski definition) is 3. The van der Waals surface area contributed by atoms with Crippen molar-refractivity contribution in [3.63, 3.8) is 0 Å². The minimum absolute atomic E-state index is 0.153. The van der Waals surface area contributed by atoms with E-state index in [4.69, 9.17) is 10.2 Å². The predicted molar refractivity (Wildman–Crippen MR) is 93.0 cm³/mol. The van der Waals surface area contributed by atoms with Crippen LogP contribution in [0.5, 0.6) is 0 Å². The molecule has 1 heterocycles. The SMILES string of the molecule is CN=C(NCc1ccc(C(N)=O)o1)N(C)Cc1ccc(Br)cc1. The van der Waals surface area contributed by atoms with Gasteiger partial charge in [0.05, 0.1) is 6.54 Å². The lowest BCUT2D eigenvalue weighted by Crippen LogP contribution is -2.37. The van der Waals surface area contributed by atoms with Crippen LogP contribution in [0.3, 0.4) is 0 Å². The maximum Gasteiger partial charge on any atom is 0.284 e. The molecule has 0 bridgehead atoms. The molecule has 6 nitrogen and oxygen atoms in total. The van der Waals surface area contributed by atoms with Crippen molar-refractivity contribution < 1.29 is 9.21 Å². The number of benzene rings is 1. The first kappa shape index (κ1) is 17.1. The lowest BCUT2D eigenvalue weighted by atomic mass is 10.2. The van der Waals surface area contributed by atoms with Gasteiger partial charge in [0, 0.05) is 25.1 Å². The Kier molecular flexibility index (Phi) is 5.81. The zero-order valence-electron chi connectivity index (χ0n) is 13.0. The van der Waals surface area contributed by atoms with E-state index in [2.05, 4.69) is 38.4 Å². The number of primary amides is 1. The zero-order valence-corrected chi connectivity index (χ0v) is 14.6. The average Bonchev–Trinajstić information content (AvgIpc) is 2.99. The molecule has 0 saturated heterocycles. The summed E-state index contributed by atoms with van der Waals surface area (Å²) in [7, 11) is 3.67. The third-order valence-electron chi connectivity index (χ3n) is 3.23. The van der Waals surface area contributed by atoms with Gasteiger partial charge in [-0.3, -0.25) is 9.79 Å². The fourth-order valence-electron chi connectivity index (χ4n) is 2.09. The van der Waals surface area contributed by atoms with Gasteiger partial charge in [-0.25, -0.2) is 0 Å². The first-order valence-corrected chi connectivity index (χ1v) is 7.83. The molecule has 23 heavy (non-hydrogen) atoms. The zero-order chi connectivity index (χ0) is 16.8. The highest BCUT2D eigenvalue weighted by molar-refractivity contribution is 9.10. The van der Waals surface area contributed by atoms with Gasteiger partial charge >= 0.3 is 0 Å². The number of halogens is 1. The monoisotopic (exact) mass is 378 g/mol. The van der Waals surface area contributed by atoms with Crippen LogP contribution >= 0.6 is 15.9 Å². The number of guanidine groups is 1. The highest BCUT2D eigenvalue weighted by Crippen LogP contribution is 2.12. The van der Waals surface area contributed by atoms with Gasteiger partial charge in [0.1, 0.15) is 5.76 Å². The number of carbonyl (C=O) groups excluding carboxylic acids is 1. The van der Waals surface area contributed by atoms with Crippen LogP contribution < -0.4 is 11.1 Å². The van der Waals surface area contributed by atoms with Crippen LogP contribution in [0.25, 0.3) is 0 Å². The smallest absolute Gasteiger partial charge is 0.284 e. The second kappa shape index (κ2) is 7.82. The number of hydrogen-bond donors (Lipinski definition) is 2. The molecular weight excluding hydrogens is 360 g/mol. The van der Waals surface area contributed by atoms with E-state index in [1.807, 2.05) is 24.1 Å². The van der Waals surface area contributed by atoms with E-state index < -0.39 is 5.91 Å². The second-order valence-corrected chi connectivity index (χ2v) is 5.93. The van der Waals surface area contributed by atoms with E-state index in [0.717, 1.165) is 17.0 Å². The molecule has 0 aliphatic carbocycles. The van der Waals surface area contributed by atoms with Crippen LogP contribution in [-0.4, -0.2) is 30.9 Å². The maximum absolute atomic E-state index is 11.0. The number of nitrogens with two attached hydrogens (primary N) is 1. The number of carbonyl (C=O) groups is 1. The average molecular weight is 379 g/mol. The number of amides is 1. The molecule has 0 fully saturated rings. The van der Waals surface area contributed by atoms with E-state index in [1.54, 1.807) is 19.2 Å². The summed E-state index contributed by atoms with van der Waals surface area (Å²) in [6.07, 6.45) is 0. The molecule has 7 heteroatoms. The molecule has 0 aliphatic heterocycles. The van der Waals surface area contributed by atoms with Crippen molar-refractivity contribution in [3.8, 4) is 0 Å². The fraction of sp³-hybridized carbons (Fsp3) is 0.250. The number of nitrogens with zero attached hydrogens (tertiary/aromatic N) is 2. The minimum Gasteiger partial charge on any atom is -0.454 e. The molecule has 0 unspecified atom stereocenters. The van der Waals surface area contributed by atoms with Gasteiger partial charge in [0.25, 0.3) is 5.91 Å². The topological polar surface area (TPSA) is 83.9 Å². The van der Waals surface area contributed by atoms with Crippen molar-refractivity contribution in [2.24, 2.45) is 10.7 Å². The Bertz CT molecular complexity index is 694. The maximum atomic E-state index is 11.0. The van der Waals surface area contributed by atoms with E-state index in [0.29, 0.717) is 12.3 Å². The summed E-state index contributed by atoms with van der Waals surface area (Å²) < 4.78 is 6.39. The number of aliphatic imine (C=N–C) groups is 1. The fourth-order valence-corrected chi connectivity index (χ4v) is 2.36. The highest BCUT2D eigenvalue weighted by atomic mass is 79.9. The van der Waals surface area contributed by atoms with Gasteiger partial charge in [-0.1, -0.05) is 28.1 Å². The van der Waals surface area contributed by atoms with Crippen LogP contribution in [0.2, 0.25) is 0 Å². The summed E-state index contributed by atoms with van der Waals surface area (Å²) in [6.45, 7) is 1.14. The third kappa shape index (κ3) is 4.85. The number of nitrogens with one attached hydrogen (secondary N) is 1. The predicted octanol–water partition coefficient (Wildman–Crippen LogP) is 2.35. The molecular formula is C16H19BrN4O2. The quantitative estimate of drug-likeness (QED) is 0.617. The highest BCUT2D eigenvalue weighted by Gasteiger charge is 2.10. The molecule has 0 atom stereocenters. The normalized spacial score (nSPS) is 11.3. The molecule has 2 rings (SSSR count). The third-order valence-corrected chi connectivity index (χ3v) is 3.76. The second-order valence-electron chi connectivity index (χ2n) is 5.01. The molecule has 0 saturated carbocycles. The Balaban J connectivity index is 1.93. The van der Waals surface area contributed by atoms with Gasteiger partial charge in [0.15, 0.2) is 11.7 Å². The summed E-state index contributed by atoms with van der Waals surface area (Å²) in [5.41, 5.74) is 6.34. The molecule has 0 aliphatic rings. The summed E-state index contributed by atoms with van der Waals surface area (Å²) in [6, 6.07) is 11.4. The molecule has 2 aromatic rings. The molecule has 1 aromatic carbocycles. The van der Waals surface area contributed by atoms with Crippen LogP contribution in [0.1, 0.15) is 21.9 Å². The van der Waals surface area contributed by atoms with Crippen molar-refractivity contribution in [3.05, 3.63) is 58.0 Å². The largest absolute Gasteiger partial charge is 0.454 e. The molecule has 1 amide bonds. The van der Waals surface area contributed by atoms with Gasteiger partial charge in [-0.2, -0.15) is 0 Å². The lowest BCUT2D eigenvalue weighted by Gasteiger charge is -2.21. The van der Waals surface area contributed by atoms with E-state index in [-0.39, 0.29) is 5.76 Å². The number of rotatable bonds is 5. The van der Waals surface area contributed by atoms with Crippen LogP contribution in [0.15, 0.2) is 50.3 Å². The first-order valence-electron chi connectivity index (χ1n) is 7.04. The number of furan rings is 1. The van der Waals surface area contributed by atoms with Crippen molar-refractivity contribution in [1.29, 1.82) is 0 Å². The van der Waals surface area contributed by atoms with Gasteiger partial charge in [0.2, 0.25) is 0 Å². The summed E-state index contributed by atoms with van der Waals surface area (Å²) in [4.78, 5) is 17.3. The summed E-state index contributed by atoms with van der Waals surface area (Å²) in [5, 5.41) is 3.19. The molecule has 122 valence electrons. The standard InChI is InChI=1S/C16H19BrN4O2/c1-19-16(20-9-13-7-8-14(23-13)15(18)22)21(2)10-11-3-5-12(17)6-4-11/h3-8H,9-10H2,1-2H3,(H2,18,22)(H,19,20). The molecule has 3 N–H and O–H groups in total. The Morgan fingerprint density at radius 1 is 1.30 bits per heavy atom. The van der Waals surface area contributed by atoms with E-state index in [9.17, 15) is 4.79 Å². The Hall–Kier alpha value is -2.28. The molecule has 1 aromatic heterocycles. The van der Waals surface area contributed by atoms with Crippen LogP contribution in [0, 0.1) is 0 Å².